The molecular formula is C13H16N2O2S. The van der Waals surface area contributed by atoms with E-state index in [1.165, 1.54) is 6.07 Å². The Bertz CT molecular complexity index is 610. The van der Waals surface area contributed by atoms with Crippen molar-refractivity contribution in [3.63, 3.8) is 0 Å². The van der Waals surface area contributed by atoms with Gasteiger partial charge < -0.3 is 0 Å². The van der Waals surface area contributed by atoms with Gasteiger partial charge in [0.1, 0.15) is 0 Å². The highest BCUT2D eigenvalue weighted by atomic mass is 32.2. The molecule has 1 aliphatic rings. The summed E-state index contributed by atoms with van der Waals surface area (Å²) in [6.07, 6.45) is 2.12. The van der Waals surface area contributed by atoms with Gasteiger partial charge in [0, 0.05) is 6.54 Å². The van der Waals surface area contributed by atoms with E-state index < -0.39 is 10.0 Å². The molecule has 1 N–H and O–H groups in total. The Kier molecular flexibility index (Phi) is 3.18. The van der Waals surface area contributed by atoms with E-state index in [-0.39, 0.29) is 10.3 Å². The molecule has 1 fully saturated rings. The first-order chi connectivity index (χ1) is 8.36. The van der Waals surface area contributed by atoms with Crippen LogP contribution < -0.4 is 4.72 Å². The van der Waals surface area contributed by atoms with Gasteiger partial charge in [-0.15, -0.1) is 0 Å². The van der Waals surface area contributed by atoms with Crippen molar-refractivity contribution in [2.75, 3.05) is 6.54 Å². The molecule has 18 heavy (non-hydrogen) atoms. The normalized spacial score (nSPS) is 17.2. The molecule has 0 bridgehead atoms. The third kappa shape index (κ3) is 2.71. The van der Waals surface area contributed by atoms with Gasteiger partial charge in [-0.3, -0.25) is 0 Å². The summed E-state index contributed by atoms with van der Waals surface area (Å²) in [5.74, 6) is 0. The van der Waals surface area contributed by atoms with Crippen LogP contribution in [0.5, 0.6) is 0 Å². The van der Waals surface area contributed by atoms with Gasteiger partial charge in [0.2, 0.25) is 10.0 Å². The molecule has 0 spiro atoms. The lowest BCUT2D eigenvalue weighted by Gasteiger charge is -2.12. The van der Waals surface area contributed by atoms with Crippen LogP contribution in [0.1, 0.15) is 30.9 Å². The van der Waals surface area contributed by atoms with Crippen molar-refractivity contribution in [2.45, 2.75) is 31.6 Å². The standard InChI is InChI=1S/C13H16N2O2S/c1-10-3-4-11(8-14)7-12(10)18(16,17)15-9-13(2)5-6-13/h3-4,7,15H,5-6,9H2,1-2H3. The summed E-state index contributed by atoms with van der Waals surface area (Å²) < 4.78 is 27.0. The minimum Gasteiger partial charge on any atom is -0.211 e. The number of rotatable bonds is 4. The van der Waals surface area contributed by atoms with Gasteiger partial charge in [0.25, 0.3) is 0 Å². The molecule has 0 unspecified atom stereocenters. The van der Waals surface area contributed by atoms with E-state index in [1.807, 2.05) is 6.07 Å². The highest BCUT2D eigenvalue weighted by Crippen LogP contribution is 2.44. The van der Waals surface area contributed by atoms with E-state index in [0.29, 0.717) is 17.7 Å². The number of aryl methyl sites for hydroxylation is 1. The zero-order valence-electron chi connectivity index (χ0n) is 10.5. The molecule has 1 aromatic carbocycles. The minimum atomic E-state index is -3.52. The molecule has 5 heteroatoms. The van der Waals surface area contributed by atoms with Gasteiger partial charge in [-0.05, 0) is 42.9 Å². The summed E-state index contributed by atoms with van der Waals surface area (Å²) in [6.45, 7) is 4.26. The molecule has 96 valence electrons. The Labute approximate surface area is 108 Å². The first-order valence-electron chi connectivity index (χ1n) is 5.87. The molecule has 0 heterocycles. The zero-order valence-corrected chi connectivity index (χ0v) is 11.3. The van der Waals surface area contributed by atoms with Crippen molar-refractivity contribution in [1.29, 1.82) is 5.26 Å². The summed E-state index contributed by atoms with van der Waals surface area (Å²) in [5, 5.41) is 8.82. The maximum absolute atomic E-state index is 12.2. The Balaban J connectivity index is 2.26. The van der Waals surface area contributed by atoms with Crippen LogP contribution in [0.15, 0.2) is 23.1 Å². The second-order valence-corrected chi connectivity index (χ2v) is 6.96. The van der Waals surface area contributed by atoms with Gasteiger partial charge in [0.05, 0.1) is 16.5 Å². The molecule has 1 saturated carbocycles. The number of nitriles is 1. The molecule has 2 rings (SSSR count). The fraction of sp³-hybridized carbons (Fsp3) is 0.462. The maximum Gasteiger partial charge on any atom is 0.240 e. The van der Waals surface area contributed by atoms with Crippen LogP contribution in [-0.4, -0.2) is 15.0 Å². The predicted octanol–water partition coefficient (Wildman–Crippen LogP) is 1.95. The number of benzene rings is 1. The van der Waals surface area contributed by atoms with E-state index in [9.17, 15) is 8.42 Å². The van der Waals surface area contributed by atoms with Crippen LogP contribution in [0.2, 0.25) is 0 Å². The molecule has 0 aliphatic heterocycles. The summed E-state index contributed by atoms with van der Waals surface area (Å²) in [4.78, 5) is 0.200. The van der Waals surface area contributed by atoms with Crippen molar-refractivity contribution in [3.05, 3.63) is 29.3 Å². The fourth-order valence-electron chi connectivity index (χ4n) is 1.70. The Morgan fingerprint density at radius 2 is 2.11 bits per heavy atom. The third-order valence-electron chi connectivity index (χ3n) is 3.40. The first kappa shape index (κ1) is 13.1. The summed E-state index contributed by atoms with van der Waals surface area (Å²) >= 11 is 0. The van der Waals surface area contributed by atoms with Crippen LogP contribution in [-0.2, 0) is 10.0 Å². The average Bonchev–Trinajstić information content (AvgIpc) is 3.06. The second kappa shape index (κ2) is 4.38. The molecule has 0 radical (unpaired) electrons. The summed E-state index contributed by atoms with van der Waals surface area (Å²) in [6, 6.07) is 6.66. The molecule has 1 aliphatic carbocycles. The number of nitrogens with one attached hydrogen (secondary N) is 1. The lowest BCUT2D eigenvalue weighted by Crippen LogP contribution is -2.29. The summed E-state index contributed by atoms with van der Waals surface area (Å²) in [7, 11) is -3.52. The van der Waals surface area contributed by atoms with Gasteiger partial charge in [-0.25, -0.2) is 13.1 Å². The fourth-order valence-corrected chi connectivity index (χ4v) is 3.16. The van der Waals surface area contributed by atoms with Crippen molar-refractivity contribution in [2.24, 2.45) is 5.41 Å². The van der Waals surface area contributed by atoms with Gasteiger partial charge in [-0.2, -0.15) is 5.26 Å². The van der Waals surface area contributed by atoms with Crippen molar-refractivity contribution in [1.82, 2.24) is 4.72 Å². The first-order valence-corrected chi connectivity index (χ1v) is 7.35. The van der Waals surface area contributed by atoms with Gasteiger partial charge in [-0.1, -0.05) is 13.0 Å². The Hall–Kier alpha value is -1.38. The van der Waals surface area contributed by atoms with E-state index in [4.69, 9.17) is 5.26 Å². The largest absolute Gasteiger partial charge is 0.240 e. The van der Waals surface area contributed by atoms with Crippen LogP contribution >= 0.6 is 0 Å². The minimum absolute atomic E-state index is 0.119. The molecular weight excluding hydrogens is 248 g/mol. The lowest BCUT2D eigenvalue weighted by atomic mass is 10.2. The number of hydrogen-bond acceptors (Lipinski definition) is 3. The van der Waals surface area contributed by atoms with Crippen LogP contribution in [0, 0.1) is 23.7 Å². The second-order valence-electron chi connectivity index (χ2n) is 5.23. The van der Waals surface area contributed by atoms with Gasteiger partial charge in [0.15, 0.2) is 0 Å². The highest BCUT2D eigenvalue weighted by Gasteiger charge is 2.38. The molecule has 0 aromatic heterocycles. The Morgan fingerprint density at radius 3 is 2.67 bits per heavy atom. The highest BCUT2D eigenvalue weighted by molar-refractivity contribution is 7.89. The van der Waals surface area contributed by atoms with E-state index in [2.05, 4.69) is 11.6 Å². The van der Waals surface area contributed by atoms with Crippen LogP contribution in [0.3, 0.4) is 0 Å². The van der Waals surface area contributed by atoms with E-state index >= 15 is 0 Å². The van der Waals surface area contributed by atoms with Crippen molar-refractivity contribution < 1.29 is 8.42 Å². The maximum atomic E-state index is 12.2. The van der Waals surface area contributed by atoms with Crippen molar-refractivity contribution >= 4 is 10.0 Å². The number of sulfonamides is 1. The number of nitrogens with zero attached hydrogens (tertiary/aromatic N) is 1. The van der Waals surface area contributed by atoms with Crippen LogP contribution in [0.4, 0.5) is 0 Å². The lowest BCUT2D eigenvalue weighted by molar-refractivity contribution is 0.530. The monoisotopic (exact) mass is 264 g/mol. The third-order valence-corrected chi connectivity index (χ3v) is 4.94. The molecule has 1 aromatic rings. The number of hydrogen-bond donors (Lipinski definition) is 1. The van der Waals surface area contributed by atoms with E-state index in [0.717, 1.165) is 12.8 Å². The van der Waals surface area contributed by atoms with E-state index in [1.54, 1.807) is 19.1 Å². The average molecular weight is 264 g/mol. The summed E-state index contributed by atoms with van der Waals surface area (Å²) in [5.41, 5.74) is 1.13. The molecule has 4 nitrogen and oxygen atoms in total. The topological polar surface area (TPSA) is 70.0 Å². The van der Waals surface area contributed by atoms with Crippen LogP contribution in [0.25, 0.3) is 0 Å². The SMILES string of the molecule is Cc1ccc(C#N)cc1S(=O)(=O)NCC1(C)CC1. The molecule has 0 atom stereocenters. The Morgan fingerprint density at radius 1 is 1.44 bits per heavy atom. The smallest absolute Gasteiger partial charge is 0.211 e. The zero-order chi connectivity index (χ0) is 13.4. The molecule has 0 amide bonds. The molecule has 0 saturated heterocycles. The predicted molar refractivity (Wildman–Crippen MR) is 68.4 cm³/mol. The van der Waals surface area contributed by atoms with Gasteiger partial charge >= 0.3 is 0 Å². The van der Waals surface area contributed by atoms with Crippen molar-refractivity contribution in [3.8, 4) is 6.07 Å². The quantitative estimate of drug-likeness (QED) is 0.903.